The maximum absolute atomic E-state index is 12.7. The molecule has 2 rings (SSSR count). The van der Waals surface area contributed by atoms with Crippen LogP contribution in [-0.4, -0.2) is 57.6 Å². The van der Waals surface area contributed by atoms with E-state index < -0.39 is 30.1 Å². The van der Waals surface area contributed by atoms with Gasteiger partial charge in [0.2, 0.25) is 5.91 Å². The van der Waals surface area contributed by atoms with E-state index in [0.717, 1.165) is 6.92 Å². The van der Waals surface area contributed by atoms with Crippen molar-refractivity contribution in [3.63, 3.8) is 0 Å². The fraction of sp³-hybridized carbons (Fsp3) is 0.438. The first-order chi connectivity index (χ1) is 11.6. The van der Waals surface area contributed by atoms with Gasteiger partial charge in [0.1, 0.15) is 6.04 Å². The molecule has 0 bridgehead atoms. The molecule has 0 aliphatic carbocycles. The van der Waals surface area contributed by atoms with Crippen LogP contribution in [0, 0.1) is 0 Å². The predicted octanol–water partition coefficient (Wildman–Crippen LogP) is 1.55. The summed E-state index contributed by atoms with van der Waals surface area (Å²) in [6.45, 7) is 1.01. The number of nitrogens with zero attached hydrogens (tertiary/aromatic N) is 1. The number of hydrogen-bond acceptors (Lipinski definition) is 4. The molecule has 1 fully saturated rings. The van der Waals surface area contributed by atoms with Gasteiger partial charge in [0.05, 0.1) is 6.54 Å². The number of carbonyl (C=O) groups excluding carboxylic acids is 2. The first kappa shape index (κ1) is 19.5. The quantitative estimate of drug-likeness (QED) is 0.709. The summed E-state index contributed by atoms with van der Waals surface area (Å²) in [7, 11) is 0. The summed E-state index contributed by atoms with van der Waals surface area (Å²) >= 11 is 11.8. The summed E-state index contributed by atoms with van der Waals surface area (Å²) in [6, 6.07) is 3.70. The molecule has 9 heteroatoms. The largest absolute Gasteiger partial charge is 0.479 e. The zero-order chi connectivity index (χ0) is 18.8. The minimum absolute atomic E-state index is 0.273. The third-order valence-electron chi connectivity index (χ3n) is 3.99. The lowest BCUT2D eigenvalue weighted by Crippen LogP contribution is -2.52. The number of aliphatic carboxylic acids is 1. The number of benzene rings is 1. The molecular weight excluding hydrogens is 371 g/mol. The molecule has 0 saturated carbocycles. The van der Waals surface area contributed by atoms with Crippen molar-refractivity contribution in [2.45, 2.75) is 31.4 Å². The number of hydrogen-bond donors (Lipinski definition) is 3. The first-order valence-electron chi connectivity index (χ1n) is 7.62. The highest BCUT2D eigenvalue weighted by molar-refractivity contribution is 6.35. The Kier molecular flexibility index (Phi) is 5.92. The molecule has 136 valence electrons. The van der Waals surface area contributed by atoms with E-state index in [1.807, 2.05) is 0 Å². The standard InChI is InChI=1S/C16H18Cl2N2O5/c1-16(25,15(23)24)8-19-13(21)12-3-2-4-20(12)14(22)9-5-10(17)7-11(18)6-9/h5-7,12,25H,2-4,8H2,1H3,(H,19,21)(H,23,24). The molecule has 1 aromatic rings. The molecule has 0 aromatic heterocycles. The fourth-order valence-corrected chi connectivity index (χ4v) is 3.10. The highest BCUT2D eigenvalue weighted by Gasteiger charge is 2.37. The Hall–Kier alpha value is -1.83. The van der Waals surface area contributed by atoms with Gasteiger partial charge in [-0.2, -0.15) is 0 Å². The van der Waals surface area contributed by atoms with Gasteiger partial charge in [0.25, 0.3) is 5.91 Å². The van der Waals surface area contributed by atoms with Crippen LogP contribution in [0.2, 0.25) is 10.0 Å². The molecule has 1 aromatic carbocycles. The minimum atomic E-state index is -2.08. The average Bonchev–Trinajstić information content (AvgIpc) is 3.00. The SMILES string of the molecule is CC(O)(CNC(=O)C1CCCN1C(=O)c1cc(Cl)cc(Cl)c1)C(=O)O. The van der Waals surface area contributed by atoms with E-state index in [2.05, 4.69) is 5.32 Å². The highest BCUT2D eigenvalue weighted by atomic mass is 35.5. The van der Waals surface area contributed by atoms with Crippen LogP contribution in [0.4, 0.5) is 0 Å². The molecule has 2 atom stereocenters. The van der Waals surface area contributed by atoms with Crippen molar-refractivity contribution in [3.8, 4) is 0 Å². The first-order valence-corrected chi connectivity index (χ1v) is 8.38. The Balaban J connectivity index is 2.10. The maximum atomic E-state index is 12.7. The summed E-state index contributed by atoms with van der Waals surface area (Å²) in [5.41, 5.74) is -1.81. The van der Waals surface area contributed by atoms with Gasteiger partial charge in [0, 0.05) is 22.2 Å². The van der Waals surface area contributed by atoms with Crippen molar-refractivity contribution in [2.75, 3.05) is 13.1 Å². The Morgan fingerprint density at radius 3 is 2.44 bits per heavy atom. The summed E-state index contributed by atoms with van der Waals surface area (Å²) in [4.78, 5) is 37.3. The smallest absolute Gasteiger partial charge is 0.337 e. The van der Waals surface area contributed by atoms with Gasteiger partial charge in [-0.3, -0.25) is 9.59 Å². The van der Waals surface area contributed by atoms with E-state index in [1.165, 1.54) is 23.1 Å². The van der Waals surface area contributed by atoms with Crippen LogP contribution in [0.3, 0.4) is 0 Å². The monoisotopic (exact) mass is 388 g/mol. The number of carboxylic acid groups (broad SMARTS) is 1. The van der Waals surface area contributed by atoms with Crippen LogP contribution in [0.15, 0.2) is 18.2 Å². The summed E-state index contributed by atoms with van der Waals surface area (Å²) < 4.78 is 0. The second-order valence-corrected chi connectivity index (χ2v) is 6.98. The molecule has 2 unspecified atom stereocenters. The molecule has 1 saturated heterocycles. The van der Waals surface area contributed by atoms with E-state index >= 15 is 0 Å². The molecular formula is C16H18Cl2N2O5. The van der Waals surface area contributed by atoms with Crippen molar-refractivity contribution >= 4 is 41.0 Å². The fourth-order valence-electron chi connectivity index (χ4n) is 2.58. The van der Waals surface area contributed by atoms with Crippen molar-refractivity contribution in [2.24, 2.45) is 0 Å². The van der Waals surface area contributed by atoms with E-state index in [-0.39, 0.29) is 11.5 Å². The Labute approximate surface area is 154 Å². The third-order valence-corrected chi connectivity index (χ3v) is 4.43. The highest BCUT2D eigenvalue weighted by Crippen LogP contribution is 2.24. The summed E-state index contributed by atoms with van der Waals surface area (Å²) in [5, 5.41) is 21.6. The van der Waals surface area contributed by atoms with Crippen LogP contribution in [0.5, 0.6) is 0 Å². The third kappa shape index (κ3) is 4.62. The zero-order valence-corrected chi connectivity index (χ0v) is 15.0. The number of nitrogens with one attached hydrogen (secondary N) is 1. The number of likely N-dealkylation sites (tertiary alicyclic amines) is 1. The van der Waals surface area contributed by atoms with Crippen LogP contribution in [0.25, 0.3) is 0 Å². The number of carboxylic acids is 1. The lowest BCUT2D eigenvalue weighted by Gasteiger charge is -2.26. The molecule has 1 aliphatic heterocycles. The second kappa shape index (κ2) is 7.59. The van der Waals surface area contributed by atoms with Gasteiger partial charge in [-0.15, -0.1) is 0 Å². The normalized spacial score (nSPS) is 19.4. The van der Waals surface area contributed by atoms with Gasteiger partial charge >= 0.3 is 5.97 Å². The number of aliphatic hydroxyl groups is 1. The topological polar surface area (TPSA) is 107 Å². The van der Waals surface area contributed by atoms with Crippen LogP contribution >= 0.6 is 23.2 Å². The predicted molar refractivity (Wildman–Crippen MR) is 91.8 cm³/mol. The lowest BCUT2D eigenvalue weighted by atomic mass is 10.1. The molecule has 1 heterocycles. The minimum Gasteiger partial charge on any atom is -0.479 e. The van der Waals surface area contributed by atoms with E-state index in [4.69, 9.17) is 28.3 Å². The van der Waals surface area contributed by atoms with Crippen molar-refractivity contribution < 1.29 is 24.6 Å². The van der Waals surface area contributed by atoms with Gasteiger partial charge in [0.15, 0.2) is 5.60 Å². The Morgan fingerprint density at radius 2 is 1.88 bits per heavy atom. The number of amides is 2. The molecule has 1 aliphatic rings. The van der Waals surface area contributed by atoms with E-state index in [9.17, 15) is 19.5 Å². The maximum Gasteiger partial charge on any atom is 0.337 e. The second-order valence-electron chi connectivity index (χ2n) is 6.11. The Bertz CT molecular complexity index is 688. The van der Waals surface area contributed by atoms with Crippen LogP contribution in [0.1, 0.15) is 30.1 Å². The number of carbonyl (C=O) groups is 3. The summed E-state index contributed by atoms with van der Waals surface area (Å²) in [6.07, 6.45) is 1.08. The molecule has 2 amide bonds. The summed E-state index contributed by atoms with van der Waals surface area (Å²) in [5.74, 6) is -2.34. The average molecular weight is 389 g/mol. The van der Waals surface area contributed by atoms with Gasteiger partial charge in [-0.25, -0.2) is 4.79 Å². The Morgan fingerprint density at radius 1 is 1.28 bits per heavy atom. The molecule has 0 radical (unpaired) electrons. The van der Waals surface area contributed by atoms with E-state index in [0.29, 0.717) is 29.4 Å². The molecule has 25 heavy (non-hydrogen) atoms. The van der Waals surface area contributed by atoms with Crippen molar-refractivity contribution in [1.82, 2.24) is 10.2 Å². The van der Waals surface area contributed by atoms with Crippen LogP contribution < -0.4 is 5.32 Å². The molecule has 3 N–H and O–H groups in total. The number of halogens is 2. The van der Waals surface area contributed by atoms with Gasteiger partial charge in [-0.1, -0.05) is 23.2 Å². The number of rotatable bonds is 5. The van der Waals surface area contributed by atoms with Crippen molar-refractivity contribution in [1.29, 1.82) is 0 Å². The van der Waals surface area contributed by atoms with Gasteiger partial charge < -0.3 is 20.4 Å². The lowest BCUT2D eigenvalue weighted by molar-refractivity contribution is -0.156. The van der Waals surface area contributed by atoms with E-state index in [1.54, 1.807) is 0 Å². The molecule has 7 nitrogen and oxygen atoms in total. The van der Waals surface area contributed by atoms with Gasteiger partial charge in [-0.05, 0) is 38.0 Å². The van der Waals surface area contributed by atoms with Crippen molar-refractivity contribution in [3.05, 3.63) is 33.8 Å². The van der Waals surface area contributed by atoms with Crippen LogP contribution in [-0.2, 0) is 9.59 Å². The molecule has 0 spiro atoms. The zero-order valence-electron chi connectivity index (χ0n) is 13.5.